The molecule has 0 saturated heterocycles. The minimum atomic E-state index is -0.482. The highest BCUT2D eigenvalue weighted by Crippen LogP contribution is 2.25. The molecule has 0 aliphatic carbocycles. The lowest BCUT2D eigenvalue weighted by Gasteiger charge is -2.17. The SMILES string of the molecule is CC1(C)OC=C(CCN)O1. The first-order valence-electron chi connectivity index (χ1n) is 3.40. The summed E-state index contributed by atoms with van der Waals surface area (Å²) < 4.78 is 10.5. The summed E-state index contributed by atoms with van der Waals surface area (Å²) in [7, 11) is 0. The van der Waals surface area contributed by atoms with Crippen LogP contribution in [0.3, 0.4) is 0 Å². The van der Waals surface area contributed by atoms with Gasteiger partial charge in [-0.05, 0) is 6.54 Å². The third-order valence-electron chi connectivity index (χ3n) is 1.24. The summed E-state index contributed by atoms with van der Waals surface area (Å²) in [5.41, 5.74) is 5.32. The van der Waals surface area contributed by atoms with Gasteiger partial charge < -0.3 is 15.2 Å². The Bertz CT molecular complexity index is 152. The summed E-state index contributed by atoms with van der Waals surface area (Å²) >= 11 is 0. The van der Waals surface area contributed by atoms with Crippen LogP contribution in [-0.2, 0) is 9.47 Å². The molecule has 0 aromatic rings. The van der Waals surface area contributed by atoms with Gasteiger partial charge in [0.2, 0.25) is 5.79 Å². The minimum absolute atomic E-state index is 0.482. The fourth-order valence-electron chi connectivity index (χ4n) is 0.824. The van der Waals surface area contributed by atoms with Crippen LogP contribution in [0, 0.1) is 0 Å². The summed E-state index contributed by atoms with van der Waals surface area (Å²) in [6, 6.07) is 0. The van der Waals surface area contributed by atoms with E-state index in [0.717, 1.165) is 12.2 Å². The molecule has 0 amide bonds. The van der Waals surface area contributed by atoms with E-state index >= 15 is 0 Å². The second-order valence-corrected chi connectivity index (χ2v) is 2.74. The Morgan fingerprint density at radius 1 is 1.60 bits per heavy atom. The Labute approximate surface area is 60.8 Å². The zero-order valence-electron chi connectivity index (χ0n) is 6.39. The van der Waals surface area contributed by atoms with E-state index < -0.39 is 5.79 Å². The monoisotopic (exact) mass is 143 g/mol. The maximum atomic E-state index is 5.35. The van der Waals surface area contributed by atoms with E-state index in [-0.39, 0.29) is 0 Å². The Kier molecular flexibility index (Phi) is 1.85. The fourth-order valence-corrected chi connectivity index (χ4v) is 0.824. The first kappa shape index (κ1) is 7.41. The van der Waals surface area contributed by atoms with Gasteiger partial charge >= 0.3 is 0 Å². The molecule has 0 radical (unpaired) electrons. The summed E-state index contributed by atoms with van der Waals surface area (Å²) in [6.45, 7) is 4.34. The zero-order chi connectivity index (χ0) is 7.61. The highest BCUT2D eigenvalue weighted by atomic mass is 16.7. The fraction of sp³-hybridized carbons (Fsp3) is 0.714. The smallest absolute Gasteiger partial charge is 0.244 e. The number of hydrogen-bond acceptors (Lipinski definition) is 3. The topological polar surface area (TPSA) is 44.5 Å². The van der Waals surface area contributed by atoms with Crippen molar-refractivity contribution in [2.45, 2.75) is 26.1 Å². The van der Waals surface area contributed by atoms with Gasteiger partial charge in [0, 0.05) is 20.3 Å². The van der Waals surface area contributed by atoms with E-state index in [1.807, 2.05) is 13.8 Å². The summed E-state index contributed by atoms with van der Waals surface area (Å²) in [4.78, 5) is 0. The Morgan fingerprint density at radius 2 is 2.30 bits per heavy atom. The predicted molar refractivity (Wildman–Crippen MR) is 38.0 cm³/mol. The lowest BCUT2D eigenvalue weighted by Crippen LogP contribution is -2.20. The first-order valence-corrected chi connectivity index (χ1v) is 3.40. The maximum absolute atomic E-state index is 5.35. The van der Waals surface area contributed by atoms with Crippen molar-refractivity contribution >= 4 is 0 Å². The van der Waals surface area contributed by atoms with Crippen LogP contribution in [-0.4, -0.2) is 12.3 Å². The predicted octanol–water partition coefficient (Wildman–Crippen LogP) is 0.960. The standard InChI is InChI=1S/C7H13NO2/c1-7(2)9-5-6(10-7)3-4-8/h5H,3-4,8H2,1-2H3. The van der Waals surface area contributed by atoms with Crippen molar-refractivity contribution in [3.8, 4) is 0 Å². The van der Waals surface area contributed by atoms with Crippen molar-refractivity contribution in [2.75, 3.05) is 6.54 Å². The summed E-state index contributed by atoms with van der Waals surface area (Å²) in [6.07, 6.45) is 2.39. The van der Waals surface area contributed by atoms with Gasteiger partial charge in [0.1, 0.15) is 12.0 Å². The van der Waals surface area contributed by atoms with Gasteiger partial charge in [0.05, 0.1) is 0 Å². The van der Waals surface area contributed by atoms with Gasteiger partial charge in [0.15, 0.2) is 0 Å². The van der Waals surface area contributed by atoms with Gasteiger partial charge in [0.25, 0.3) is 0 Å². The highest BCUT2D eigenvalue weighted by Gasteiger charge is 2.26. The Morgan fingerprint density at radius 3 is 2.70 bits per heavy atom. The number of rotatable bonds is 2. The van der Waals surface area contributed by atoms with E-state index in [4.69, 9.17) is 15.2 Å². The molecular formula is C7H13NO2. The van der Waals surface area contributed by atoms with E-state index in [9.17, 15) is 0 Å². The molecule has 1 heterocycles. The molecule has 10 heavy (non-hydrogen) atoms. The maximum Gasteiger partial charge on any atom is 0.244 e. The van der Waals surface area contributed by atoms with Crippen molar-refractivity contribution in [1.82, 2.24) is 0 Å². The van der Waals surface area contributed by atoms with Crippen LogP contribution in [0.2, 0.25) is 0 Å². The summed E-state index contributed by atoms with van der Waals surface area (Å²) in [5, 5.41) is 0. The van der Waals surface area contributed by atoms with Crippen molar-refractivity contribution < 1.29 is 9.47 Å². The number of hydrogen-bond donors (Lipinski definition) is 1. The lowest BCUT2D eigenvalue weighted by molar-refractivity contribution is -0.117. The van der Waals surface area contributed by atoms with Crippen LogP contribution < -0.4 is 5.73 Å². The van der Waals surface area contributed by atoms with Gasteiger partial charge in [-0.2, -0.15) is 0 Å². The molecule has 0 spiro atoms. The van der Waals surface area contributed by atoms with Crippen LogP contribution in [0.5, 0.6) is 0 Å². The van der Waals surface area contributed by atoms with E-state index in [1.54, 1.807) is 6.26 Å². The van der Waals surface area contributed by atoms with E-state index in [0.29, 0.717) is 6.54 Å². The van der Waals surface area contributed by atoms with Gasteiger partial charge in [-0.15, -0.1) is 0 Å². The number of nitrogens with two attached hydrogens (primary N) is 1. The molecule has 1 aliphatic rings. The molecule has 2 N–H and O–H groups in total. The average molecular weight is 143 g/mol. The number of ether oxygens (including phenoxy) is 2. The molecule has 3 nitrogen and oxygen atoms in total. The third-order valence-corrected chi connectivity index (χ3v) is 1.24. The molecule has 0 aromatic heterocycles. The quantitative estimate of drug-likeness (QED) is 0.626. The van der Waals surface area contributed by atoms with Gasteiger partial charge in [-0.25, -0.2) is 0 Å². The largest absolute Gasteiger partial charge is 0.457 e. The molecule has 1 rings (SSSR count). The minimum Gasteiger partial charge on any atom is -0.457 e. The van der Waals surface area contributed by atoms with Crippen LogP contribution >= 0.6 is 0 Å². The van der Waals surface area contributed by atoms with Crippen molar-refractivity contribution in [2.24, 2.45) is 5.73 Å². The van der Waals surface area contributed by atoms with Crippen molar-refractivity contribution in [3.63, 3.8) is 0 Å². The Balaban J connectivity index is 2.39. The van der Waals surface area contributed by atoms with Gasteiger partial charge in [-0.3, -0.25) is 0 Å². The van der Waals surface area contributed by atoms with Crippen LogP contribution in [0.15, 0.2) is 12.0 Å². The molecule has 0 atom stereocenters. The third kappa shape index (κ3) is 1.64. The molecular weight excluding hydrogens is 130 g/mol. The molecule has 3 heteroatoms. The summed E-state index contributed by atoms with van der Waals surface area (Å²) in [5.74, 6) is 0.359. The second-order valence-electron chi connectivity index (χ2n) is 2.74. The van der Waals surface area contributed by atoms with Crippen molar-refractivity contribution in [1.29, 1.82) is 0 Å². The lowest BCUT2D eigenvalue weighted by atomic mass is 10.3. The second kappa shape index (κ2) is 2.50. The molecule has 0 aromatic carbocycles. The normalized spacial score (nSPS) is 21.3. The molecule has 58 valence electrons. The average Bonchev–Trinajstić information content (AvgIpc) is 2.12. The molecule has 0 fully saturated rings. The first-order chi connectivity index (χ1) is 4.64. The van der Waals surface area contributed by atoms with E-state index in [1.165, 1.54) is 0 Å². The highest BCUT2D eigenvalue weighted by molar-refractivity contribution is 4.95. The van der Waals surface area contributed by atoms with Crippen LogP contribution in [0.1, 0.15) is 20.3 Å². The van der Waals surface area contributed by atoms with E-state index in [2.05, 4.69) is 0 Å². The van der Waals surface area contributed by atoms with Crippen LogP contribution in [0.25, 0.3) is 0 Å². The van der Waals surface area contributed by atoms with Crippen LogP contribution in [0.4, 0.5) is 0 Å². The molecule has 0 saturated carbocycles. The Hall–Kier alpha value is -0.700. The molecule has 1 aliphatic heterocycles. The molecule has 0 unspecified atom stereocenters. The zero-order valence-corrected chi connectivity index (χ0v) is 6.39. The van der Waals surface area contributed by atoms with Gasteiger partial charge in [-0.1, -0.05) is 0 Å². The van der Waals surface area contributed by atoms with Crippen molar-refractivity contribution in [3.05, 3.63) is 12.0 Å². The molecule has 0 bridgehead atoms.